The van der Waals surface area contributed by atoms with Gasteiger partial charge in [-0.3, -0.25) is 4.98 Å². The topological polar surface area (TPSA) is 37.8 Å². The van der Waals surface area contributed by atoms with Gasteiger partial charge in [-0.25, -0.2) is 9.37 Å². The van der Waals surface area contributed by atoms with Crippen molar-refractivity contribution >= 4 is 11.3 Å². The molecule has 0 aliphatic carbocycles. The van der Waals surface area contributed by atoms with Crippen LogP contribution in [-0.4, -0.2) is 9.97 Å². The van der Waals surface area contributed by atoms with Gasteiger partial charge in [0.1, 0.15) is 10.8 Å². The maximum Gasteiger partial charge on any atom is 0.141 e. The number of thiazole rings is 1. The lowest BCUT2D eigenvalue weighted by molar-refractivity contribution is 0.563. The maximum atomic E-state index is 12.9. The Morgan fingerprint density at radius 3 is 2.94 bits per heavy atom. The summed E-state index contributed by atoms with van der Waals surface area (Å²) in [4.78, 5) is 8.22. The predicted molar refractivity (Wildman–Crippen MR) is 66.3 cm³/mol. The van der Waals surface area contributed by atoms with Gasteiger partial charge < -0.3 is 5.32 Å². The molecule has 3 nitrogen and oxygen atoms in total. The average Bonchev–Trinajstić information content (AvgIpc) is 2.73. The van der Waals surface area contributed by atoms with Gasteiger partial charge in [0.15, 0.2) is 0 Å². The number of pyridine rings is 1. The molecule has 0 aliphatic heterocycles. The third kappa shape index (κ3) is 3.31. The first-order chi connectivity index (χ1) is 8.15. The van der Waals surface area contributed by atoms with Crippen LogP contribution in [0.1, 0.15) is 29.2 Å². The van der Waals surface area contributed by atoms with Crippen molar-refractivity contribution in [3.63, 3.8) is 0 Å². The van der Waals surface area contributed by atoms with E-state index < -0.39 is 0 Å². The molecule has 0 fully saturated rings. The summed E-state index contributed by atoms with van der Waals surface area (Å²) in [5, 5.41) is 6.37. The van der Waals surface area contributed by atoms with Crippen molar-refractivity contribution in [2.45, 2.75) is 26.4 Å². The van der Waals surface area contributed by atoms with Crippen LogP contribution < -0.4 is 5.32 Å². The number of nitrogens with zero attached hydrogens (tertiary/aromatic N) is 2. The van der Waals surface area contributed by atoms with Gasteiger partial charge in [-0.2, -0.15) is 0 Å². The van der Waals surface area contributed by atoms with Crippen LogP contribution in [-0.2, 0) is 6.54 Å². The summed E-state index contributed by atoms with van der Waals surface area (Å²) in [6.07, 6.45) is 2.87. The molecule has 0 bridgehead atoms. The lowest BCUT2D eigenvalue weighted by Gasteiger charge is -2.10. The third-order valence-electron chi connectivity index (χ3n) is 2.38. The van der Waals surface area contributed by atoms with E-state index in [0.717, 1.165) is 16.3 Å². The Labute approximate surface area is 104 Å². The Balaban J connectivity index is 1.94. The zero-order valence-corrected chi connectivity index (χ0v) is 10.6. The van der Waals surface area contributed by atoms with Crippen LogP contribution in [0.3, 0.4) is 0 Å². The van der Waals surface area contributed by atoms with E-state index in [4.69, 9.17) is 0 Å². The van der Waals surface area contributed by atoms with Gasteiger partial charge in [0.05, 0.1) is 12.2 Å². The number of hydrogen-bond donors (Lipinski definition) is 1. The molecule has 0 amide bonds. The number of halogens is 1. The SMILES string of the molecule is Cc1csc(C(C)NCc2cncc(F)c2)n1. The molecule has 0 aliphatic rings. The van der Waals surface area contributed by atoms with Crippen molar-refractivity contribution in [2.24, 2.45) is 0 Å². The van der Waals surface area contributed by atoms with E-state index in [-0.39, 0.29) is 11.9 Å². The molecule has 2 heterocycles. The molecule has 2 aromatic rings. The van der Waals surface area contributed by atoms with E-state index in [0.29, 0.717) is 6.54 Å². The fourth-order valence-corrected chi connectivity index (χ4v) is 2.31. The van der Waals surface area contributed by atoms with Crippen molar-refractivity contribution in [3.05, 3.63) is 45.9 Å². The van der Waals surface area contributed by atoms with Crippen molar-refractivity contribution in [2.75, 3.05) is 0 Å². The van der Waals surface area contributed by atoms with Crippen LogP contribution in [0.15, 0.2) is 23.8 Å². The molecule has 1 N–H and O–H groups in total. The lowest BCUT2D eigenvalue weighted by atomic mass is 10.2. The molecule has 0 saturated heterocycles. The largest absolute Gasteiger partial charge is 0.304 e. The molecule has 1 unspecified atom stereocenters. The van der Waals surface area contributed by atoms with E-state index in [1.54, 1.807) is 17.5 Å². The minimum atomic E-state index is -0.304. The smallest absolute Gasteiger partial charge is 0.141 e. The van der Waals surface area contributed by atoms with E-state index in [1.165, 1.54) is 12.3 Å². The van der Waals surface area contributed by atoms with Crippen LogP contribution >= 0.6 is 11.3 Å². The van der Waals surface area contributed by atoms with Crippen molar-refractivity contribution < 1.29 is 4.39 Å². The number of nitrogens with one attached hydrogen (secondary N) is 1. The molecular weight excluding hydrogens is 237 g/mol. The fraction of sp³-hybridized carbons (Fsp3) is 0.333. The lowest BCUT2D eigenvalue weighted by Crippen LogP contribution is -2.18. The normalized spacial score (nSPS) is 12.6. The fourth-order valence-electron chi connectivity index (χ4n) is 1.48. The van der Waals surface area contributed by atoms with E-state index in [9.17, 15) is 4.39 Å². The molecule has 2 rings (SSSR count). The monoisotopic (exact) mass is 251 g/mol. The molecule has 2 aromatic heterocycles. The summed E-state index contributed by atoms with van der Waals surface area (Å²) in [5.74, 6) is -0.304. The van der Waals surface area contributed by atoms with Gasteiger partial charge in [0.25, 0.3) is 0 Å². The molecule has 90 valence electrons. The summed E-state index contributed by atoms with van der Waals surface area (Å²) in [6, 6.07) is 1.65. The number of hydrogen-bond acceptors (Lipinski definition) is 4. The number of aromatic nitrogens is 2. The van der Waals surface area contributed by atoms with Gasteiger partial charge in [-0.05, 0) is 25.5 Å². The Bertz CT molecular complexity index is 498. The first kappa shape index (κ1) is 12.1. The maximum absolute atomic E-state index is 12.9. The van der Waals surface area contributed by atoms with Gasteiger partial charge in [-0.15, -0.1) is 11.3 Å². The van der Waals surface area contributed by atoms with Crippen molar-refractivity contribution in [1.82, 2.24) is 15.3 Å². The minimum Gasteiger partial charge on any atom is -0.304 e. The Morgan fingerprint density at radius 1 is 1.47 bits per heavy atom. The van der Waals surface area contributed by atoms with Gasteiger partial charge in [0.2, 0.25) is 0 Å². The number of aryl methyl sites for hydroxylation is 1. The second-order valence-electron chi connectivity index (χ2n) is 3.94. The van der Waals surface area contributed by atoms with Crippen molar-refractivity contribution in [1.29, 1.82) is 0 Å². The predicted octanol–water partition coefficient (Wildman–Crippen LogP) is 2.84. The van der Waals surface area contributed by atoms with Crippen molar-refractivity contribution in [3.8, 4) is 0 Å². The standard InChI is InChI=1S/C12H14FN3S/c1-8-7-17-12(16-8)9(2)15-5-10-3-11(13)6-14-4-10/h3-4,6-7,9,15H,5H2,1-2H3. The van der Waals surface area contributed by atoms with Gasteiger partial charge >= 0.3 is 0 Å². The highest BCUT2D eigenvalue weighted by Gasteiger charge is 2.08. The second-order valence-corrected chi connectivity index (χ2v) is 4.83. The molecule has 0 saturated carbocycles. The minimum absolute atomic E-state index is 0.164. The van der Waals surface area contributed by atoms with Crippen LogP contribution in [0.4, 0.5) is 4.39 Å². The van der Waals surface area contributed by atoms with Gasteiger partial charge in [-0.1, -0.05) is 0 Å². The summed E-state index contributed by atoms with van der Waals surface area (Å²) in [7, 11) is 0. The average molecular weight is 251 g/mol. The first-order valence-corrected chi connectivity index (χ1v) is 6.28. The van der Waals surface area contributed by atoms with Gasteiger partial charge in [0, 0.05) is 23.8 Å². The quantitative estimate of drug-likeness (QED) is 0.908. The highest BCUT2D eigenvalue weighted by Crippen LogP contribution is 2.17. The molecule has 5 heteroatoms. The van der Waals surface area contributed by atoms with Crippen LogP contribution in [0.5, 0.6) is 0 Å². The van der Waals surface area contributed by atoms with Crippen LogP contribution in [0.2, 0.25) is 0 Å². The third-order valence-corrected chi connectivity index (χ3v) is 3.53. The Hall–Kier alpha value is -1.33. The summed E-state index contributed by atoms with van der Waals surface area (Å²) in [5.41, 5.74) is 1.87. The number of rotatable bonds is 4. The Kier molecular flexibility index (Phi) is 3.81. The van der Waals surface area contributed by atoms with E-state index >= 15 is 0 Å². The second kappa shape index (κ2) is 5.33. The molecule has 0 spiro atoms. The molecular formula is C12H14FN3S. The van der Waals surface area contributed by atoms with Crippen LogP contribution in [0.25, 0.3) is 0 Å². The van der Waals surface area contributed by atoms with E-state index in [2.05, 4.69) is 15.3 Å². The molecule has 17 heavy (non-hydrogen) atoms. The van der Waals surface area contributed by atoms with E-state index in [1.807, 2.05) is 19.2 Å². The first-order valence-electron chi connectivity index (χ1n) is 5.40. The highest BCUT2D eigenvalue weighted by molar-refractivity contribution is 7.09. The highest BCUT2D eigenvalue weighted by atomic mass is 32.1. The molecule has 1 atom stereocenters. The summed E-state index contributed by atoms with van der Waals surface area (Å²) >= 11 is 1.63. The zero-order valence-electron chi connectivity index (χ0n) is 9.77. The zero-order chi connectivity index (χ0) is 12.3. The summed E-state index contributed by atoms with van der Waals surface area (Å²) in [6.45, 7) is 4.61. The Morgan fingerprint density at radius 2 is 2.29 bits per heavy atom. The molecule has 0 aromatic carbocycles. The summed E-state index contributed by atoms with van der Waals surface area (Å²) < 4.78 is 12.9. The van der Waals surface area contributed by atoms with Crippen LogP contribution in [0, 0.1) is 12.7 Å². The molecule has 0 radical (unpaired) electrons.